The Balaban J connectivity index is 1.72. The van der Waals surface area contributed by atoms with Gasteiger partial charge in [0.25, 0.3) is 0 Å². The zero-order valence-electron chi connectivity index (χ0n) is 11.1. The van der Waals surface area contributed by atoms with E-state index in [-0.39, 0.29) is 0 Å². The highest BCUT2D eigenvalue weighted by Gasteiger charge is 2.26. The van der Waals surface area contributed by atoms with Gasteiger partial charge >= 0.3 is 0 Å². The number of hydrogen-bond donors (Lipinski definition) is 1. The fraction of sp³-hybridized carbons (Fsp3) is 0.769. The van der Waals surface area contributed by atoms with Gasteiger partial charge in [-0.1, -0.05) is 0 Å². The third kappa shape index (κ3) is 3.80. The van der Waals surface area contributed by atoms with Gasteiger partial charge in [0.2, 0.25) is 0 Å². The molecule has 102 valence electrons. The van der Waals surface area contributed by atoms with E-state index >= 15 is 0 Å². The van der Waals surface area contributed by atoms with Crippen molar-refractivity contribution >= 4 is 0 Å². The van der Waals surface area contributed by atoms with Gasteiger partial charge in [0.1, 0.15) is 5.76 Å². The molecule has 0 saturated carbocycles. The molecule has 2 atom stereocenters. The van der Waals surface area contributed by atoms with Crippen molar-refractivity contribution in [3.63, 3.8) is 0 Å². The molecular formula is C13H22N2O3. The topological polar surface area (TPSA) is 56.5 Å². The Morgan fingerprint density at radius 3 is 3.11 bits per heavy atom. The second-order valence-corrected chi connectivity index (χ2v) is 4.73. The van der Waals surface area contributed by atoms with Crippen LogP contribution in [0.2, 0.25) is 0 Å². The summed E-state index contributed by atoms with van der Waals surface area (Å²) >= 11 is 0. The fourth-order valence-electron chi connectivity index (χ4n) is 2.14. The number of rotatable bonds is 7. The Hall–Kier alpha value is -0.910. The highest BCUT2D eigenvalue weighted by atomic mass is 16.5. The molecule has 0 radical (unpaired) electrons. The van der Waals surface area contributed by atoms with Gasteiger partial charge in [-0.15, -0.1) is 0 Å². The van der Waals surface area contributed by atoms with Crippen molar-refractivity contribution in [2.24, 2.45) is 0 Å². The van der Waals surface area contributed by atoms with Crippen molar-refractivity contribution in [2.45, 2.75) is 31.8 Å². The number of oxazole rings is 1. The van der Waals surface area contributed by atoms with E-state index in [0.29, 0.717) is 12.0 Å². The van der Waals surface area contributed by atoms with Crippen LogP contribution in [0.15, 0.2) is 10.6 Å². The van der Waals surface area contributed by atoms with E-state index in [1.165, 1.54) is 0 Å². The van der Waals surface area contributed by atoms with Crippen LogP contribution >= 0.6 is 0 Å². The quantitative estimate of drug-likeness (QED) is 0.744. The number of nitrogens with one attached hydrogen (secondary N) is 1. The number of hydrogen-bond acceptors (Lipinski definition) is 5. The monoisotopic (exact) mass is 254 g/mol. The van der Waals surface area contributed by atoms with E-state index < -0.39 is 0 Å². The standard InChI is InChI=1S/C13H22N2O3/c1-10-7-11(9-17-10)12-8-15-13(18-12)3-4-14-5-6-16-2/h8,10-11,14H,3-7,9H2,1-2H3. The van der Waals surface area contributed by atoms with Crippen LogP contribution in [0.5, 0.6) is 0 Å². The smallest absolute Gasteiger partial charge is 0.195 e. The molecule has 1 N–H and O–H groups in total. The molecule has 1 fully saturated rings. The molecule has 5 nitrogen and oxygen atoms in total. The Morgan fingerprint density at radius 1 is 1.50 bits per heavy atom. The Labute approximate surface area is 108 Å². The lowest BCUT2D eigenvalue weighted by molar-refractivity contribution is 0.122. The first kappa shape index (κ1) is 13.5. The van der Waals surface area contributed by atoms with Crippen molar-refractivity contribution in [1.82, 2.24) is 10.3 Å². The van der Waals surface area contributed by atoms with Crippen LogP contribution in [0.1, 0.15) is 30.9 Å². The highest BCUT2D eigenvalue weighted by molar-refractivity contribution is 5.04. The lowest BCUT2D eigenvalue weighted by Gasteiger charge is -2.03. The van der Waals surface area contributed by atoms with Gasteiger partial charge in [-0.2, -0.15) is 0 Å². The molecule has 2 rings (SSSR count). The van der Waals surface area contributed by atoms with Crippen LogP contribution in [0.4, 0.5) is 0 Å². The average molecular weight is 254 g/mol. The van der Waals surface area contributed by atoms with E-state index in [1.807, 2.05) is 6.20 Å². The number of ether oxygens (including phenoxy) is 2. The number of methoxy groups -OCH3 is 1. The summed E-state index contributed by atoms with van der Waals surface area (Å²) in [6.45, 7) is 5.30. The largest absolute Gasteiger partial charge is 0.445 e. The molecule has 18 heavy (non-hydrogen) atoms. The zero-order chi connectivity index (χ0) is 12.8. The van der Waals surface area contributed by atoms with Gasteiger partial charge < -0.3 is 19.2 Å². The molecule has 2 heterocycles. The Morgan fingerprint density at radius 2 is 2.39 bits per heavy atom. The van der Waals surface area contributed by atoms with E-state index in [1.54, 1.807) is 7.11 Å². The Kier molecular flexibility index (Phi) is 5.16. The van der Waals surface area contributed by atoms with Crippen molar-refractivity contribution in [3.8, 4) is 0 Å². The maximum atomic E-state index is 5.76. The van der Waals surface area contributed by atoms with Crippen LogP contribution in [-0.2, 0) is 15.9 Å². The maximum absolute atomic E-state index is 5.76. The molecular weight excluding hydrogens is 232 g/mol. The lowest BCUT2D eigenvalue weighted by Crippen LogP contribution is -2.21. The molecule has 0 spiro atoms. The van der Waals surface area contributed by atoms with Gasteiger partial charge in [0.05, 0.1) is 25.5 Å². The SMILES string of the molecule is COCCNCCc1ncc(C2COC(C)C2)o1. The van der Waals surface area contributed by atoms with Crippen LogP contribution in [0.3, 0.4) is 0 Å². The van der Waals surface area contributed by atoms with Crippen molar-refractivity contribution in [3.05, 3.63) is 17.8 Å². The van der Waals surface area contributed by atoms with Crippen molar-refractivity contribution in [2.75, 3.05) is 33.4 Å². The molecule has 1 aliphatic heterocycles. The molecule has 1 aromatic rings. The van der Waals surface area contributed by atoms with Gasteiger partial charge in [-0.3, -0.25) is 0 Å². The normalized spacial score (nSPS) is 23.7. The molecule has 0 bridgehead atoms. The highest BCUT2D eigenvalue weighted by Crippen LogP contribution is 2.29. The molecule has 1 aromatic heterocycles. The van der Waals surface area contributed by atoms with Crippen LogP contribution in [0, 0.1) is 0 Å². The predicted octanol–water partition coefficient (Wildman–Crippen LogP) is 1.35. The summed E-state index contributed by atoms with van der Waals surface area (Å²) in [6.07, 6.45) is 4.02. The molecule has 0 aromatic carbocycles. The van der Waals surface area contributed by atoms with Gasteiger partial charge in [0.15, 0.2) is 5.89 Å². The predicted molar refractivity (Wildman–Crippen MR) is 67.7 cm³/mol. The molecule has 5 heteroatoms. The van der Waals surface area contributed by atoms with E-state index in [2.05, 4.69) is 17.2 Å². The fourth-order valence-corrected chi connectivity index (χ4v) is 2.14. The van der Waals surface area contributed by atoms with E-state index in [9.17, 15) is 0 Å². The molecule has 2 unspecified atom stereocenters. The summed E-state index contributed by atoms with van der Waals surface area (Å²) < 4.78 is 16.3. The number of nitrogens with zero attached hydrogens (tertiary/aromatic N) is 1. The minimum atomic E-state index is 0.333. The second-order valence-electron chi connectivity index (χ2n) is 4.73. The second kappa shape index (κ2) is 6.87. The van der Waals surface area contributed by atoms with Crippen LogP contribution in [0.25, 0.3) is 0 Å². The summed E-state index contributed by atoms with van der Waals surface area (Å²) in [4.78, 5) is 4.31. The van der Waals surface area contributed by atoms with Crippen LogP contribution < -0.4 is 5.32 Å². The summed E-state index contributed by atoms with van der Waals surface area (Å²) in [5, 5.41) is 3.27. The molecule has 1 saturated heterocycles. The number of aromatic nitrogens is 1. The summed E-state index contributed by atoms with van der Waals surface area (Å²) in [5.41, 5.74) is 0. The first-order valence-electron chi connectivity index (χ1n) is 6.55. The average Bonchev–Trinajstić information content (AvgIpc) is 2.97. The van der Waals surface area contributed by atoms with Gasteiger partial charge in [-0.05, 0) is 13.3 Å². The van der Waals surface area contributed by atoms with Crippen LogP contribution in [-0.4, -0.2) is 44.5 Å². The Bertz CT molecular complexity index is 354. The van der Waals surface area contributed by atoms with E-state index in [4.69, 9.17) is 13.9 Å². The molecule has 1 aliphatic rings. The van der Waals surface area contributed by atoms with Gasteiger partial charge in [-0.25, -0.2) is 4.98 Å². The minimum Gasteiger partial charge on any atom is -0.445 e. The minimum absolute atomic E-state index is 0.333. The maximum Gasteiger partial charge on any atom is 0.195 e. The molecule has 0 amide bonds. The van der Waals surface area contributed by atoms with Crippen molar-refractivity contribution < 1.29 is 13.9 Å². The third-order valence-electron chi connectivity index (χ3n) is 3.17. The molecule has 0 aliphatic carbocycles. The van der Waals surface area contributed by atoms with Crippen molar-refractivity contribution in [1.29, 1.82) is 0 Å². The summed E-state index contributed by atoms with van der Waals surface area (Å²) in [6, 6.07) is 0. The summed E-state index contributed by atoms with van der Waals surface area (Å²) in [5.74, 6) is 2.14. The van der Waals surface area contributed by atoms with E-state index in [0.717, 1.165) is 50.8 Å². The first-order chi connectivity index (χ1) is 8.79. The summed E-state index contributed by atoms with van der Waals surface area (Å²) in [7, 11) is 1.70. The third-order valence-corrected chi connectivity index (χ3v) is 3.17. The zero-order valence-corrected chi connectivity index (χ0v) is 11.1. The lowest BCUT2D eigenvalue weighted by atomic mass is 10.0. The first-order valence-corrected chi connectivity index (χ1v) is 6.55. The van der Waals surface area contributed by atoms with Gasteiger partial charge in [0, 0.05) is 32.5 Å².